The van der Waals surface area contributed by atoms with E-state index in [1.54, 1.807) is 0 Å². The third kappa shape index (κ3) is 4.08. The largest absolute Gasteiger partial charge is 0.353 e. The highest BCUT2D eigenvalue weighted by Crippen LogP contribution is 2.24. The van der Waals surface area contributed by atoms with Crippen molar-refractivity contribution in [1.29, 1.82) is 0 Å². The number of amides is 2. The molecular formula is C21H24N2O2. The van der Waals surface area contributed by atoms with Crippen LogP contribution >= 0.6 is 0 Å². The fourth-order valence-corrected chi connectivity index (χ4v) is 3.35. The van der Waals surface area contributed by atoms with Gasteiger partial charge in [-0.3, -0.25) is 9.59 Å². The summed E-state index contributed by atoms with van der Waals surface area (Å²) in [6, 6.07) is 16.3. The van der Waals surface area contributed by atoms with E-state index < -0.39 is 0 Å². The molecule has 0 spiro atoms. The molecule has 0 atom stereocenters. The lowest BCUT2D eigenvalue weighted by Gasteiger charge is -2.32. The van der Waals surface area contributed by atoms with Gasteiger partial charge in [0, 0.05) is 31.6 Å². The van der Waals surface area contributed by atoms with Gasteiger partial charge in [0.05, 0.1) is 0 Å². The smallest absolute Gasteiger partial charge is 0.254 e. The summed E-state index contributed by atoms with van der Waals surface area (Å²) < 4.78 is 0. The van der Waals surface area contributed by atoms with Crippen LogP contribution in [-0.2, 0) is 4.79 Å². The SMILES string of the molecule is CC(=O)NC1CCN(C(=O)c2cc(-c3ccccc3)ccc2C)CC1. The maximum absolute atomic E-state index is 13.0. The number of piperidine rings is 1. The molecule has 3 rings (SSSR count). The molecule has 0 aromatic heterocycles. The summed E-state index contributed by atoms with van der Waals surface area (Å²) in [5.74, 6) is 0.0766. The second-order valence-electron chi connectivity index (χ2n) is 6.66. The van der Waals surface area contributed by atoms with E-state index in [-0.39, 0.29) is 17.9 Å². The molecule has 130 valence electrons. The number of carbonyl (C=O) groups is 2. The van der Waals surface area contributed by atoms with Gasteiger partial charge in [-0.15, -0.1) is 0 Å². The van der Waals surface area contributed by atoms with E-state index >= 15 is 0 Å². The lowest BCUT2D eigenvalue weighted by molar-refractivity contribution is -0.119. The first-order valence-corrected chi connectivity index (χ1v) is 8.77. The quantitative estimate of drug-likeness (QED) is 0.934. The molecule has 1 aliphatic rings. The van der Waals surface area contributed by atoms with Crippen LogP contribution in [0.25, 0.3) is 11.1 Å². The van der Waals surface area contributed by atoms with E-state index in [4.69, 9.17) is 0 Å². The maximum Gasteiger partial charge on any atom is 0.254 e. The highest BCUT2D eigenvalue weighted by Gasteiger charge is 2.25. The Balaban J connectivity index is 1.75. The van der Waals surface area contributed by atoms with Crippen molar-refractivity contribution in [2.45, 2.75) is 32.7 Å². The van der Waals surface area contributed by atoms with E-state index in [1.165, 1.54) is 6.92 Å². The Labute approximate surface area is 148 Å². The molecule has 1 saturated heterocycles. The predicted molar refractivity (Wildman–Crippen MR) is 99.4 cm³/mol. The molecule has 1 heterocycles. The molecule has 2 amide bonds. The summed E-state index contributed by atoms with van der Waals surface area (Å²) in [5, 5.41) is 2.95. The zero-order valence-corrected chi connectivity index (χ0v) is 14.8. The summed E-state index contributed by atoms with van der Waals surface area (Å²) in [6.45, 7) is 4.87. The van der Waals surface area contributed by atoms with Crippen molar-refractivity contribution in [1.82, 2.24) is 10.2 Å². The minimum Gasteiger partial charge on any atom is -0.353 e. The van der Waals surface area contributed by atoms with E-state index in [0.717, 1.165) is 35.1 Å². The van der Waals surface area contributed by atoms with Gasteiger partial charge in [-0.05, 0) is 42.5 Å². The summed E-state index contributed by atoms with van der Waals surface area (Å²) in [4.78, 5) is 26.0. The third-order valence-corrected chi connectivity index (χ3v) is 4.76. The van der Waals surface area contributed by atoms with Crippen molar-refractivity contribution in [3.63, 3.8) is 0 Å². The maximum atomic E-state index is 13.0. The number of likely N-dealkylation sites (tertiary alicyclic amines) is 1. The van der Waals surface area contributed by atoms with Gasteiger partial charge >= 0.3 is 0 Å². The van der Waals surface area contributed by atoms with Crippen molar-refractivity contribution in [2.75, 3.05) is 13.1 Å². The van der Waals surface area contributed by atoms with Gasteiger partial charge < -0.3 is 10.2 Å². The van der Waals surface area contributed by atoms with Crippen LogP contribution in [0.15, 0.2) is 48.5 Å². The number of aryl methyl sites for hydroxylation is 1. The normalized spacial score (nSPS) is 15.0. The molecule has 0 saturated carbocycles. The molecule has 0 unspecified atom stereocenters. The molecule has 25 heavy (non-hydrogen) atoms. The van der Waals surface area contributed by atoms with Crippen molar-refractivity contribution in [3.05, 3.63) is 59.7 Å². The number of hydrogen-bond donors (Lipinski definition) is 1. The van der Waals surface area contributed by atoms with Crippen LogP contribution in [-0.4, -0.2) is 35.8 Å². The topological polar surface area (TPSA) is 49.4 Å². The van der Waals surface area contributed by atoms with Crippen molar-refractivity contribution < 1.29 is 9.59 Å². The number of hydrogen-bond acceptors (Lipinski definition) is 2. The molecule has 4 heteroatoms. The fourth-order valence-electron chi connectivity index (χ4n) is 3.35. The Hall–Kier alpha value is -2.62. The van der Waals surface area contributed by atoms with Crippen LogP contribution in [0.5, 0.6) is 0 Å². The monoisotopic (exact) mass is 336 g/mol. The molecule has 1 aliphatic heterocycles. The molecule has 0 bridgehead atoms. The zero-order valence-electron chi connectivity index (χ0n) is 14.8. The van der Waals surface area contributed by atoms with Gasteiger partial charge in [-0.25, -0.2) is 0 Å². The molecule has 4 nitrogen and oxygen atoms in total. The van der Waals surface area contributed by atoms with Crippen LogP contribution in [0, 0.1) is 6.92 Å². The number of nitrogens with zero attached hydrogens (tertiary/aromatic N) is 1. The first kappa shape index (κ1) is 17.2. The lowest BCUT2D eigenvalue weighted by Crippen LogP contribution is -2.46. The second-order valence-corrected chi connectivity index (χ2v) is 6.66. The molecule has 2 aromatic carbocycles. The van der Waals surface area contributed by atoms with E-state index in [2.05, 4.69) is 23.5 Å². The molecule has 2 aromatic rings. The number of carbonyl (C=O) groups excluding carboxylic acids is 2. The highest BCUT2D eigenvalue weighted by molar-refractivity contribution is 5.97. The predicted octanol–water partition coefficient (Wildman–Crippen LogP) is 3.40. The van der Waals surface area contributed by atoms with Crippen molar-refractivity contribution in [2.24, 2.45) is 0 Å². The van der Waals surface area contributed by atoms with Crippen LogP contribution in [0.3, 0.4) is 0 Å². The average molecular weight is 336 g/mol. The van der Waals surface area contributed by atoms with Gasteiger partial charge in [0.1, 0.15) is 0 Å². The van der Waals surface area contributed by atoms with Crippen LogP contribution in [0.2, 0.25) is 0 Å². The van der Waals surface area contributed by atoms with E-state index in [0.29, 0.717) is 13.1 Å². The fraction of sp³-hybridized carbons (Fsp3) is 0.333. The Bertz CT molecular complexity index is 763. The first-order valence-electron chi connectivity index (χ1n) is 8.77. The number of rotatable bonds is 3. The third-order valence-electron chi connectivity index (χ3n) is 4.76. The molecule has 0 aliphatic carbocycles. The summed E-state index contributed by atoms with van der Waals surface area (Å²) in [7, 11) is 0. The molecule has 0 radical (unpaired) electrons. The van der Waals surface area contributed by atoms with E-state index in [1.807, 2.05) is 42.2 Å². The summed E-state index contributed by atoms with van der Waals surface area (Å²) in [6.07, 6.45) is 1.62. The Morgan fingerprint density at radius 2 is 1.68 bits per heavy atom. The minimum absolute atomic E-state index is 0.00353. The van der Waals surface area contributed by atoms with Gasteiger partial charge in [-0.2, -0.15) is 0 Å². The summed E-state index contributed by atoms with van der Waals surface area (Å²) >= 11 is 0. The van der Waals surface area contributed by atoms with Gasteiger partial charge in [0.25, 0.3) is 5.91 Å². The zero-order chi connectivity index (χ0) is 17.8. The van der Waals surface area contributed by atoms with Gasteiger partial charge in [0.15, 0.2) is 0 Å². The molecule has 1 N–H and O–H groups in total. The van der Waals surface area contributed by atoms with Crippen molar-refractivity contribution in [3.8, 4) is 11.1 Å². The second kappa shape index (κ2) is 7.51. The molecule has 1 fully saturated rings. The van der Waals surface area contributed by atoms with Crippen LogP contribution in [0.4, 0.5) is 0 Å². The van der Waals surface area contributed by atoms with Gasteiger partial charge in [0.2, 0.25) is 5.91 Å². The molecular weight excluding hydrogens is 312 g/mol. The average Bonchev–Trinajstić information content (AvgIpc) is 2.62. The van der Waals surface area contributed by atoms with Gasteiger partial charge in [-0.1, -0.05) is 42.5 Å². The van der Waals surface area contributed by atoms with Crippen LogP contribution in [0.1, 0.15) is 35.7 Å². The number of benzene rings is 2. The van der Waals surface area contributed by atoms with Crippen LogP contribution < -0.4 is 5.32 Å². The summed E-state index contributed by atoms with van der Waals surface area (Å²) in [5.41, 5.74) is 3.93. The lowest BCUT2D eigenvalue weighted by atomic mass is 9.98. The minimum atomic E-state index is -0.00353. The van der Waals surface area contributed by atoms with E-state index in [9.17, 15) is 9.59 Å². The Morgan fingerprint density at radius 1 is 1.00 bits per heavy atom. The number of nitrogens with one attached hydrogen (secondary N) is 1. The standard InChI is InChI=1S/C21H24N2O2/c1-15-8-9-18(17-6-4-3-5-7-17)14-20(15)21(25)23-12-10-19(11-13-23)22-16(2)24/h3-9,14,19H,10-13H2,1-2H3,(H,22,24). The Kier molecular flexibility index (Phi) is 5.17. The Morgan fingerprint density at radius 3 is 2.32 bits per heavy atom. The van der Waals surface area contributed by atoms with Crippen molar-refractivity contribution >= 4 is 11.8 Å². The highest BCUT2D eigenvalue weighted by atomic mass is 16.2. The first-order chi connectivity index (χ1) is 12.0.